The maximum atomic E-state index is 12.8. The van der Waals surface area contributed by atoms with E-state index in [9.17, 15) is 13.2 Å². The molecule has 0 spiro atoms. The Morgan fingerprint density at radius 2 is 1.76 bits per heavy atom. The highest BCUT2D eigenvalue weighted by molar-refractivity contribution is 6.36. The fourth-order valence-corrected chi connectivity index (χ4v) is 2.07. The molecule has 0 aliphatic heterocycles. The zero-order valence-electron chi connectivity index (χ0n) is 10.5. The van der Waals surface area contributed by atoms with Crippen molar-refractivity contribution in [3.05, 3.63) is 63.6 Å². The van der Waals surface area contributed by atoms with Crippen LogP contribution in [0, 0.1) is 0 Å². The van der Waals surface area contributed by atoms with Gasteiger partial charge < -0.3 is 0 Å². The zero-order chi connectivity index (χ0) is 15.5. The molecule has 0 unspecified atom stereocenters. The third kappa shape index (κ3) is 4.12. The smallest absolute Gasteiger partial charge is 0.277 e. The fourth-order valence-electron chi connectivity index (χ4n) is 1.62. The second-order valence-electron chi connectivity index (χ2n) is 4.08. The Morgan fingerprint density at radius 1 is 1.05 bits per heavy atom. The van der Waals surface area contributed by atoms with Crippen LogP contribution in [0.25, 0.3) is 0 Å². The van der Waals surface area contributed by atoms with E-state index in [1.165, 1.54) is 24.3 Å². The minimum absolute atomic E-state index is 0.0393. The lowest BCUT2D eigenvalue weighted by atomic mass is 10.1. The number of hydrazone groups is 1. The summed E-state index contributed by atoms with van der Waals surface area (Å²) in [6.45, 7) is 0. The number of alkyl halides is 3. The normalized spacial score (nSPS) is 11.9. The Bertz CT molecular complexity index is 670. The van der Waals surface area contributed by atoms with Gasteiger partial charge in [-0.1, -0.05) is 41.4 Å². The van der Waals surface area contributed by atoms with Crippen molar-refractivity contribution >= 4 is 35.1 Å². The van der Waals surface area contributed by atoms with Gasteiger partial charge in [0.25, 0.3) is 0 Å². The van der Waals surface area contributed by atoms with Crippen molar-refractivity contribution in [1.29, 1.82) is 0 Å². The van der Waals surface area contributed by atoms with Crippen molar-refractivity contribution in [2.45, 2.75) is 6.18 Å². The van der Waals surface area contributed by atoms with Crippen LogP contribution in [0.1, 0.15) is 11.1 Å². The quantitative estimate of drug-likeness (QED) is 0.585. The molecule has 0 radical (unpaired) electrons. The molecule has 0 amide bonds. The summed E-state index contributed by atoms with van der Waals surface area (Å²) in [5, 5.41) is 4.55. The van der Waals surface area contributed by atoms with Crippen molar-refractivity contribution in [2.24, 2.45) is 5.10 Å². The first-order chi connectivity index (χ1) is 9.88. The van der Waals surface area contributed by atoms with E-state index in [1.807, 2.05) is 0 Å². The average Bonchev–Trinajstić information content (AvgIpc) is 2.41. The molecular formula is C14H9Cl2F3N2. The van der Waals surface area contributed by atoms with E-state index in [4.69, 9.17) is 23.2 Å². The maximum absolute atomic E-state index is 12.8. The molecule has 0 aromatic heterocycles. The van der Waals surface area contributed by atoms with Crippen LogP contribution >= 0.6 is 23.2 Å². The molecule has 110 valence electrons. The molecule has 0 saturated carbocycles. The van der Waals surface area contributed by atoms with Crippen molar-refractivity contribution in [1.82, 2.24) is 0 Å². The molecule has 0 atom stereocenters. The Kier molecular flexibility index (Phi) is 4.75. The lowest BCUT2D eigenvalue weighted by Gasteiger charge is -2.09. The third-order valence-electron chi connectivity index (χ3n) is 2.59. The number of hydrogen-bond donors (Lipinski definition) is 1. The third-order valence-corrected chi connectivity index (χ3v) is 3.13. The van der Waals surface area contributed by atoms with Gasteiger partial charge in [0.2, 0.25) is 0 Å². The van der Waals surface area contributed by atoms with Crippen LogP contribution in [-0.4, -0.2) is 6.21 Å². The largest absolute Gasteiger partial charge is 0.417 e. The number of anilines is 1. The highest BCUT2D eigenvalue weighted by Crippen LogP contribution is 2.31. The van der Waals surface area contributed by atoms with Gasteiger partial charge in [-0.15, -0.1) is 0 Å². The first-order valence-electron chi connectivity index (χ1n) is 5.78. The molecular weight excluding hydrogens is 324 g/mol. The summed E-state index contributed by atoms with van der Waals surface area (Å²) in [6.07, 6.45) is -3.34. The number of nitrogens with zero attached hydrogens (tertiary/aromatic N) is 1. The van der Waals surface area contributed by atoms with Gasteiger partial charge in [-0.2, -0.15) is 18.3 Å². The van der Waals surface area contributed by atoms with Crippen LogP contribution in [0.2, 0.25) is 10.0 Å². The predicted octanol–water partition coefficient (Wildman–Crippen LogP) is 5.46. The molecule has 2 aromatic carbocycles. The summed E-state index contributed by atoms with van der Waals surface area (Å²) in [4.78, 5) is 0. The fraction of sp³-hybridized carbons (Fsp3) is 0.0714. The Morgan fingerprint density at radius 3 is 2.43 bits per heavy atom. The molecule has 1 N–H and O–H groups in total. The van der Waals surface area contributed by atoms with Gasteiger partial charge in [0.1, 0.15) is 0 Å². The van der Waals surface area contributed by atoms with E-state index < -0.39 is 11.7 Å². The second-order valence-corrected chi connectivity index (χ2v) is 4.92. The molecule has 7 heteroatoms. The first kappa shape index (κ1) is 15.7. The van der Waals surface area contributed by atoms with E-state index in [0.29, 0.717) is 15.7 Å². The van der Waals surface area contributed by atoms with E-state index in [1.54, 1.807) is 12.1 Å². The molecule has 0 bridgehead atoms. The summed E-state index contributed by atoms with van der Waals surface area (Å²) in [5.74, 6) is 0. The van der Waals surface area contributed by atoms with Crippen molar-refractivity contribution in [3.8, 4) is 0 Å². The summed E-state index contributed by atoms with van der Waals surface area (Å²) in [7, 11) is 0. The van der Waals surface area contributed by atoms with Crippen LogP contribution < -0.4 is 5.43 Å². The molecule has 0 aliphatic rings. The molecule has 2 aromatic rings. The highest BCUT2D eigenvalue weighted by atomic mass is 35.5. The van der Waals surface area contributed by atoms with Crippen LogP contribution in [0.15, 0.2) is 47.6 Å². The van der Waals surface area contributed by atoms with Gasteiger partial charge in [-0.3, -0.25) is 5.43 Å². The molecule has 0 heterocycles. The van der Waals surface area contributed by atoms with E-state index in [2.05, 4.69) is 10.5 Å². The van der Waals surface area contributed by atoms with Crippen molar-refractivity contribution < 1.29 is 13.2 Å². The van der Waals surface area contributed by atoms with E-state index >= 15 is 0 Å². The Hall–Kier alpha value is -1.72. The lowest BCUT2D eigenvalue weighted by molar-refractivity contribution is -0.137. The number of nitrogens with one attached hydrogen (secondary N) is 1. The van der Waals surface area contributed by atoms with Gasteiger partial charge >= 0.3 is 6.18 Å². The van der Waals surface area contributed by atoms with Gasteiger partial charge in [0.15, 0.2) is 0 Å². The van der Waals surface area contributed by atoms with Crippen molar-refractivity contribution in [3.63, 3.8) is 0 Å². The minimum atomic E-state index is -4.43. The number of hydrogen-bond acceptors (Lipinski definition) is 2. The van der Waals surface area contributed by atoms with E-state index in [-0.39, 0.29) is 5.56 Å². The zero-order valence-corrected chi connectivity index (χ0v) is 12.0. The van der Waals surface area contributed by atoms with Crippen LogP contribution in [-0.2, 0) is 6.18 Å². The second kappa shape index (κ2) is 6.37. The topological polar surface area (TPSA) is 24.4 Å². The SMILES string of the molecule is FC(F)(F)c1ccccc1/C=N/Nc1ccc(Cl)cc1Cl. The molecule has 0 saturated heterocycles. The molecule has 0 aliphatic carbocycles. The van der Waals surface area contributed by atoms with Gasteiger partial charge in [0, 0.05) is 10.6 Å². The highest BCUT2D eigenvalue weighted by Gasteiger charge is 2.32. The average molecular weight is 333 g/mol. The van der Waals surface area contributed by atoms with Crippen LogP contribution in [0.3, 0.4) is 0 Å². The monoisotopic (exact) mass is 332 g/mol. The summed E-state index contributed by atoms with van der Waals surface area (Å²) < 4.78 is 38.4. The summed E-state index contributed by atoms with van der Waals surface area (Å²) in [5.41, 5.74) is 2.23. The van der Waals surface area contributed by atoms with E-state index in [0.717, 1.165) is 12.3 Å². The predicted molar refractivity (Wildman–Crippen MR) is 79.1 cm³/mol. The summed E-state index contributed by atoms with van der Waals surface area (Å²) >= 11 is 11.7. The summed E-state index contributed by atoms with van der Waals surface area (Å²) in [6, 6.07) is 9.83. The number of rotatable bonds is 3. The van der Waals surface area contributed by atoms with Crippen molar-refractivity contribution in [2.75, 3.05) is 5.43 Å². The Labute approximate surface area is 129 Å². The van der Waals surface area contributed by atoms with Gasteiger partial charge in [-0.05, 0) is 24.3 Å². The van der Waals surface area contributed by atoms with Crippen LogP contribution in [0.4, 0.5) is 18.9 Å². The molecule has 2 nitrogen and oxygen atoms in total. The standard InChI is InChI=1S/C14H9Cl2F3N2/c15-10-5-6-13(12(16)7-10)21-20-8-9-3-1-2-4-11(9)14(17,18)19/h1-8,21H/b20-8+. The number of benzene rings is 2. The molecule has 2 rings (SSSR count). The first-order valence-corrected chi connectivity index (χ1v) is 6.54. The van der Waals surface area contributed by atoms with Gasteiger partial charge in [-0.25, -0.2) is 0 Å². The minimum Gasteiger partial charge on any atom is -0.277 e. The molecule has 21 heavy (non-hydrogen) atoms. The molecule has 0 fully saturated rings. The van der Waals surface area contributed by atoms with Gasteiger partial charge in [0.05, 0.1) is 22.5 Å². The lowest BCUT2D eigenvalue weighted by Crippen LogP contribution is -2.08. The van der Waals surface area contributed by atoms with Crippen LogP contribution in [0.5, 0.6) is 0 Å². The maximum Gasteiger partial charge on any atom is 0.417 e. The number of halogens is 5. The Balaban J connectivity index is 2.19.